The highest BCUT2D eigenvalue weighted by atomic mass is 32.2. The lowest BCUT2D eigenvalue weighted by Gasteiger charge is -2.04. The monoisotopic (exact) mass is 520 g/mol. The zero-order valence-corrected chi connectivity index (χ0v) is 19.9. The van der Waals surface area contributed by atoms with Gasteiger partial charge in [-0.1, -0.05) is 0 Å². The number of primary sulfonamides is 2. The summed E-state index contributed by atoms with van der Waals surface area (Å²) in [6, 6.07) is 18.4. The zero-order chi connectivity index (χ0) is 26.1. The highest BCUT2D eigenvalue weighted by Crippen LogP contribution is 2.21. The van der Waals surface area contributed by atoms with Crippen LogP contribution in [0.1, 0.15) is 6.42 Å². The van der Waals surface area contributed by atoms with Crippen LogP contribution in [0, 0.1) is 0 Å². The summed E-state index contributed by atoms with van der Waals surface area (Å²) in [4.78, 5) is 10.5. The predicted molar refractivity (Wildman–Crippen MR) is 131 cm³/mol. The molecule has 0 radical (unpaired) electrons. The molecular weight excluding hydrogens is 496 g/mol. The fraction of sp³-hybridized carbons (Fsp3) is 0.0952. The number of anilines is 2. The van der Waals surface area contributed by atoms with Crippen LogP contribution in [0.3, 0.4) is 0 Å². The third kappa shape index (κ3) is 9.89. The summed E-state index contributed by atoms with van der Waals surface area (Å²) in [5, 5.41) is 29.4. The van der Waals surface area contributed by atoms with Crippen molar-refractivity contribution in [2.45, 2.75) is 16.2 Å². The molecule has 35 heavy (non-hydrogen) atoms. The van der Waals surface area contributed by atoms with E-state index >= 15 is 0 Å². The molecule has 0 aliphatic carbocycles. The maximum atomic E-state index is 11.2. The minimum atomic E-state index is -3.72. The van der Waals surface area contributed by atoms with Gasteiger partial charge in [-0.15, -0.1) is 0 Å². The van der Waals surface area contributed by atoms with Crippen molar-refractivity contribution < 1.29 is 26.7 Å². The summed E-state index contributed by atoms with van der Waals surface area (Å²) < 4.78 is 43.7. The lowest BCUT2D eigenvalue weighted by molar-refractivity contribution is -0.136. The molecule has 12 nitrogen and oxygen atoms in total. The Morgan fingerprint density at radius 1 is 0.743 bits per heavy atom. The number of nitrogen functional groups attached to an aromatic ring is 1. The number of nitrogens with one attached hydrogen (secondary N) is 1. The molecule has 14 heteroatoms. The number of rotatable bonds is 8. The van der Waals surface area contributed by atoms with E-state index in [1.807, 2.05) is 0 Å². The molecule has 0 aromatic heterocycles. The highest BCUT2D eigenvalue weighted by molar-refractivity contribution is 7.89. The summed E-state index contributed by atoms with van der Waals surface area (Å²) in [6.07, 6.45) is 0.0377. The van der Waals surface area contributed by atoms with Crippen LogP contribution >= 0.6 is 0 Å². The Kier molecular flexibility index (Phi) is 9.42. The molecule has 3 rings (SSSR count). The van der Waals surface area contributed by atoms with Crippen LogP contribution < -0.4 is 21.3 Å². The van der Waals surface area contributed by atoms with Crippen molar-refractivity contribution in [3.63, 3.8) is 0 Å². The number of nitrogens with zero attached hydrogens (tertiary/aromatic N) is 2. The number of azo groups is 1. The normalized spacial score (nSPS) is 11.5. The Bertz CT molecular complexity index is 1370. The molecule has 186 valence electrons. The lowest BCUT2D eigenvalue weighted by atomic mass is 10.3. The van der Waals surface area contributed by atoms with Crippen molar-refractivity contribution in [2.75, 3.05) is 17.6 Å². The zero-order valence-electron chi connectivity index (χ0n) is 18.3. The van der Waals surface area contributed by atoms with Crippen LogP contribution in [0.25, 0.3) is 0 Å². The summed E-state index contributed by atoms with van der Waals surface area (Å²) >= 11 is 0. The van der Waals surface area contributed by atoms with Gasteiger partial charge in [-0.05, 0) is 72.8 Å². The third-order valence-corrected chi connectivity index (χ3v) is 6.05. The molecule has 0 aliphatic rings. The first-order valence-corrected chi connectivity index (χ1v) is 12.9. The average molecular weight is 521 g/mol. The van der Waals surface area contributed by atoms with Crippen molar-refractivity contribution in [3.05, 3.63) is 72.8 Å². The summed E-state index contributed by atoms with van der Waals surface area (Å²) in [5.41, 5.74) is 7.73. The SMILES string of the molecule is NS(=O)(=O)c1ccc(N=Nc2ccc(NCCC(=O)O)cc2)cc1.Nc1ccc(S(N)(=O)=O)cc1. The molecule has 3 aromatic carbocycles. The number of carboxylic acids is 1. The van der Waals surface area contributed by atoms with E-state index in [1.165, 1.54) is 48.5 Å². The molecule has 0 atom stereocenters. The summed E-state index contributed by atoms with van der Waals surface area (Å²) in [7, 11) is -7.30. The molecule has 3 aromatic rings. The average Bonchev–Trinajstić information content (AvgIpc) is 2.78. The van der Waals surface area contributed by atoms with E-state index in [1.54, 1.807) is 24.3 Å². The smallest absolute Gasteiger partial charge is 0.305 e. The van der Waals surface area contributed by atoms with Gasteiger partial charge in [-0.25, -0.2) is 27.1 Å². The van der Waals surface area contributed by atoms with E-state index in [-0.39, 0.29) is 16.2 Å². The molecule has 0 amide bonds. The van der Waals surface area contributed by atoms with Crippen molar-refractivity contribution in [1.82, 2.24) is 0 Å². The van der Waals surface area contributed by atoms with Gasteiger partial charge >= 0.3 is 5.97 Å². The maximum absolute atomic E-state index is 11.2. The van der Waals surface area contributed by atoms with Gasteiger partial charge in [0.25, 0.3) is 0 Å². The van der Waals surface area contributed by atoms with Gasteiger partial charge in [0, 0.05) is 17.9 Å². The van der Waals surface area contributed by atoms with Gasteiger partial charge in [0.05, 0.1) is 27.6 Å². The number of aliphatic carboxylic acids is 1. The summed E-state index contributed by atoms with van der Waals surface area (Å²) in [6.45, 7) is 0.340. The van der Waals surface area contributed by atoms with Crippen molar-refractivity contribution in [2.24, 2.45) is 20.5 Å². The standard InChI is InChI=1S/C15H16N4O4S.C6H8N2O2S/c16-24(22,23)14-7-5-13(6-8-14)19-18-12-3-1-11(2-4-12)17-10-9-15(20)21;7-5-1-3-6(4-2-5)11(8,9)10/h1-8,17H,9-10H2,(H,20,21)(H2,16,22,23);1-4H,7H2,(H2,8,9,10). The molecular formula is C21H24N6O6S2. The molecule has 0 heterocycles. The number of carbonyl (C=O) groups is 1. The van der Waals surface area contributed by atoms with Crippen LogP contribution in [-0.2, 0) is 24.8 Å². The Morgan fingerprint density at radius 3 is 1.54 bits per heavy atom. The Hall–Kier alpha value is -3.85. The molecule has 8 N–H and O–H groups in total. The third-order valence-electron chi connectivity index (χ3n) is 4.19. The van der Waals surface area contributed by atoms with Crippen molar-refractivity contribution in [3.8, 4) is 0 Å². The molecule has 0 bridgehead atoms. The molecule has 0 saturated carbocycles. The van der Waals surface area contributed by atoms with Crippen LogP contribution in [0.15, 0.2) is 92.8 Å². The van der Waals surface area contributed by atoms with E-state index in [9.17, 15) is 21.6 Å². The molecule has 0 unspecified atom stereocenters. The first kappa shape index (κ1) is 27.4. The quantitative estimate of drug-likeness (QED) is 0.219. The Morgan fingerprint density at radius 2 is 1.14 bits per heavy atom. The largest absolute Gasteiger partial charge is 0.481 e. The van der Waals surface area contributed by atoms with Gasteiger partial charge < -0.3 is 16.2 Å². The van der Waals surface area contributed by atoms with Crippen molar-refractivity contribution >= 4 is 48.8 Å². The second kappa shape index (κ2) is 12.0. The van der Waals surface area contributed by atoms with Crippen molar-refractivity contribution in [1.29, 1.82) is 0 Å². The first-order chi connectivity index (χ1) is 16.3. The first-order valence-electron chi connectivity index (χ1n) is 9.83. The van der Waals surface area contributed by atoms with Gasteiger partial charge in [-0.3, -0.25) is 4.79 Å². The number of benzene rings is 3. The van der Waals surface area contributed by atoms with Crippen LogP contribution in [0.4, 0.5) is 22.7 Å². The number of hydrogen-bond acceptors (Lipinski definition) is 9. The second-order valence-electron chi connectivity index (χ2n) is 6.97. The lowest BCUT2D eigenvalue weighted by Crippen LogP contribution is -2.11. The highest BCUT2D eigenvalue weighted by Gasteiger charge is 2.06. The van der Waals surface area contributed by atoms with E-state index in [4.69, 9.17) is 21.1 Å². The summed E-state index contributed by atoms with van der Waals surface area (Å²) in [5.74, 6) is -0.860. The predicted octanol–water partition coefficient (Wildman–Crippen LogP) is 2.55. The second-order valence-corrected chi connectivity index (χ2v) is 10.1. The van der Waals surface area contributed by atoms with E-state index < -0.39 is 26.0 Å². The number of hydrogen-bond donors (Lipinski definition) is 5. The van der Waals surface area contributed by atoms with Crippen LogP contribution in [0.2, 0.25) is 0 Å². The van der Waals surface area contributed by atoms with E-state index in [2.05, 4.69) is 15.5 Å². The topological polar surface area (TPSA) is 220 Å². The number of sulfonamides is 2. The maximum Gasteiger partial charge on any atom is 0.305 e. The molecule has 0 saturated heterocycles. The molecule has 0 fully saturated rings. The molecule has 0 spiro atoms. The Labute approximate surface area is 202 Å². The molecule has 0 aliphatic heterocycles. The number of carboxylic acid groups (broad SMARTS) is 1. The van der Waals surface area contributed by atoms with E-state index in [0.717, 1.165) is 5.69 Å². The minimum absolute atomic E-state index is 0.0123. The minimum Gasteiger partial charge on any atom is -0.481 e. The van der Waals surface area contributed by atoms with Gasteiger partial charge in [0.1, 0.15) is 0 Å². The fourth-order valence-electron chi connectivity index (χ4n) is 2.44. The van der Waals surface area contributed by atoms with Gasteiger partial charge in [0.15, 0.2) is 0 Å². The number of nitrogens with two attached hydrogens (primary N) is 3. The fourth-order valence-corrected chi connectivity index (χ4v) is 3.47. The van der Waals surface area contributed by atoms with Crippen LogP contribution in [0.5, 0.6) is 0 Å². The van der Waals surface area contributed by atoms with Gasteiger partial charge in [-0.2, -0.15) is 10.2 Å². The Balaban J connectivity index is 0.000000328. The van der Waals surface area contributed by atoms with Gasteiger partial charge in [0.2, 0.25) is 20.0 Å². The van der Waals surface area contributed by atoms with Crippen LogP contribution in [-0.4, -0.2) is 34.5 Å². The van der Waals surface area contributed by atoms with E-state index in [0.29, 0.717) is 23.6 Å².